The molecular weight excluding hydrogens is 340 g/mol. The Labute approximate surface area is 159 Å². The number of aromatic nitrogens is 1. The number of H-pyrrole nitrogens is 1. The number of hydrogen-bond donors (Lipinski definition) is 2. The van der Waals surface area contributed by atoms with Gasteiger partial charge >= 0.3 is 0 Å². The van der Waals surface area contributed by atoms with Gasteiger partial charge in [-0.3, -0.25) is 4.79 Å². The molecule has 27 heavy (non-hydrogen) atoms. The summed E-state index contributed by atoms with van der Waals surface area (Å²) in [6.07, 6.45) is 3.19. The largest absolute Gasteiger partial charge is 0.497 e. The summed E-state index contributed by atoms with van der Waals surface area (Å²) in [5.41, 5.74) is 3.25. The van der Waals surface area contributed by atoms with Crippen LogP contribution in [0.15, 0.2) is 54.7 Å². The Balaban J connectivity index is 1.88. The quantitative estimate of drug-likeness (QED) is 0.566. The van der Waals surface area contributed by atoms with Crippen molar-refractivity contribution < 1.29 is 14.3 Å². The molecule has 142 valence electrons. The fourth-order valence-corrected chi connectivity index (χ4v) is 3.35. The summed E-state index contributed by atoms with van der Waals surface area (Å²) < 4.78 is 10.4. The maximum atomic E-state index is 12.6. The Kier molecular flexibility index (Phi) is 6.49. The molecule has 0 saturated carbocycles. The van der Waals surface area contributed by atoms with E-state index < -0.39 is 0 Å². The molecule has 0 aliphatic carbocycles. The van der Waals surface area contributed by atoms with Gasteiger partial charge in [-0.2, -0.15) is 0 Å². The van der Waals surface area contributed by atoms with Gasteiger partial charge in [-0.15, -0.1) is 0 Å². The molecule has 1 atom stereocenters. The Morgan fingerprint density at radius 2 is 2.00 bits per heavy atom. The van der Waals surface area contributed by atoms with Gasteiger partial charge in [0.05, 0.1) is 7.11 Å². The van der Waals surface area contributed by atoms with Crippen molar-refractivity contribution in [1.82, 2.24) is 10.3 Å². The van der Waals surface area contributed by atoms with E-state index in [1.165, 1.54) is 0 Å². The first-order valence-corrected chi connectivity index (χ1v) is 9.18. The average Bonchev–Trinajstić information content (AvgIpc) is 3.13. The van der Waals surface area contributed by atoms with Crippen molar-refractivity contribution in [3.05, 3.63) is 65.9 Å². The summed E-state index contributed by atoms with van der Waals surface area (Å²) in [5.74, 6) is 0.765. The minimum absolute atomic E-state index is 0.0317. The second kappa shape index (κ2) is 9.24. The number of para-hydroxylation sites is 1. The molecule has 5 nitrogen and oxygen atoms in total. The van der Waals surface area contributed by atoms with E-state index in [1.807, 2.05) is 48.7 Å². The summed E-state index contributed by atoms with van der Waals surface area (Å²) in [6.45, 7) is 1.26. The zero-order chi connectivity index (χ0) is 19.1. The lowest BCUT2D eigenvalue weighted by Crippen LogP contribution is -2.27. The molecule has 0 spiro atoms. The highest BCUT2D eigenvalue weighted by Crippen LogP contribution is 2.34. The van der Waals surface area contributed by atoms with Gasteiger partial charge in [-0.05, 0) is 35.7 Å². The number of carbonyl (C=O) groups is 1. The lowest BCUT2D eigenvalue weighted by molar-refractivity contribution is -0.121. The molecule has 3 rings (SSSR count). The molecule has 0 aliphatic rings. The van der Waals surface area contributed by atoms with E-state index in [0.29, 0.717) is 19.6 Å². The monoisotopic (exact) mass is 366 g/mol. The molecule has 0 aliphatic heterocycles. The molecule has 5 heteroatoms. The SMILES string of the molecule is COCCCNC(=O)C[C@H](c1cccc(OC)c1)c1c[nH]c2ccccc12. The van der Waals surface area contributed by atoms with Crippen LogP contribution < -0.4 is 10.1 Å². The topological polar surface area (TPSA) is 63.4 Å². The first kappa shape index (κ1) is 19.0. The highest BCUT2D eigenvalue weighted by Gasteiger charge is 2.21. The first-order valence-electron chi connectivity index (χ1n) is 9.18. The van der Waals surface area contributed by atoms with Crippen molar-refractivity contribution >= 4 is 16.8 Å². The Morgan fingerprint density at radius 3 is 2.81 bits per heavy atom. The maximum absolute atomic E-state index is 12.6. The summed E-state index contributed by atoms with van der Waals surface area (Å²) in [4.78, 5) is 15.9. The van der Waals surface area contributed by atoms with E-state index in [-0.39, 0.29) is 11.8 Å². The van der Waals surface area contributed by atoms with Crippen molar-refractivity contribution in [3.63, 3.8) is 0 Å². The highest BCUT2D eigenvalue weighted by atomic mass is 16.5. The number of aromatic amines is 1. The predicted octanol–water partition coefficient (Wildman–Crippen LogP) is 3.85. The van der Waals surface area contributed by atoms with E-state index in [0.717, 1.165) is 34.2 Å². The highest BCUT2D eigenvalue weighted by molar-refractivity contribution is 5.86. The molecule has 2 N–H and O–H groups in total. The van der Waals surface area contributed by atoms with Crippen LogP contribution in [0.4, 0.5) is 0 Å². The van der Waals surface area contributed by atoms with Gasteiger partial charge in [-0.1, -0.05) is 30.3 Å². The van der Waals surface area contributed by atoms with Crippen LogP contribution in [0, 0.1) is 0 Å². The van der Waals surface area contributed by atoms with Crippen molar-refractivity contribution in [2.24, 2.45) is 0 Å². The summed E-state index contributed by atoms with van der Waals surface area (Å²) in [5, 5.41) is 4.13. The van der Waals surface area contributed by atoms with Crippen molar-refractivity contribution in [1.29, 1.82) is 0 Å². The molecule has 0 saturated heterocycles. The van der Waals surface area contributed by atoms with Crippen LogP contribution in [-0.2, 0) is 9.53 Å². The number of carbonyl (C=O) groups excluding carboxylic acids is 1. The standard InChI is InChI=1S/C22H26N2O3/c1-26-12-6-11-23-22(25)14-19(16-7-5-8-17(13-16)27-2)20-15-24-21-10-4-3-9-18(20)21/h3-5,7-10,13,15,19,24H,6,11-12,14H2,1-2H3,(H,23,25)/t19-/m1/s1. The molecule has 3 aromatic rings. The number of hydrogen-bond acceptors (Lipinski definition) is 3. The third-order valence-corrected chi connectivity index (χ3v) is 4.73. The number of benzene rings is 2. The van der Waals surface area contributed by atoms with E-state index >= 15 is 0 Å². The van der Waals surface area contributed by atoms with Gasteiger partial charge in [0, 0.05) is 49.7 Å². The molecule has 1 aromatic heterocycles. The Morgan fingerprint density at radius 1 is 1.15 bits per heavy atom. The fraction of sp³-hybridized carbons (Fsp3) is 0.318. The van der Waals surface area contributed by atoms with Gasteiger partial charge in [0.25, 0.3) is 0 Å². The summed E-state index contributed by atoms with van der Waals surface area (Å²) in [6, 6.07) is 16.1. The van der Waals surface area contributed by atoms with Crippen molar-refractivity contribution in [2.45, 2.75) is 18.8 Å². The number of fused-ring (bicyclic) bond motifs is 1. The van der Waals surface area contributed by atoms with Crippen molar-refractivity contribution in [2.75, 3.05) is 27.4 Å². The summed E-state index contributed by atoms with van der Waals surface area (Å²) in [7, 11) is 3.32. The number of amides is 1. The Hall–Kier alpha value is -2.79. The molecule has 0 bridgehead atoms. The zero-order valence-corrected chi connectivity index (χ0v) is 15.8. The smallest absolute Gasteiger partial charge is 0.220 e. The maximum Gasteiger partial charge on any atom is 0.220 e. The molecule has 0 unspecified atom stereocenters. The predicted molar refractivity (Wildman–Crippen MR) is 107 cm³/mol. The minimum atomic E-state index is -0.0568. The van der Waals surface area contributed by atoms with Crippen LogP contribution in [-0.4, -0.2) is 38.3 Å². The molecular formula is C22H26N2O3. The summed E-state index contributed by atoms with van der Waals surface area (Å²) >= 11 is 0. The fourth-order valence-electron chi connectivity index (χ4n) is 3.35. The average molecular weight is 366 g/mol. The van der Waals surface area contributed by atoms with E-state index in [4.69, 9.17) is 9.47 Å². The normalized spacial score (nSPS) is 12.1. The Bertz CT molecular complexity index is 888. The number of methoxy groups -OCH3 is 2. The van der Waals surface area contributed by atoms with Gasteiger partial charge in [0.1, 0.15) is 5.75 Å². The second-order valence-corrected chi connectivity index (χ2v) is 6.52. The molecule has 0 radical (unpaired) electrons. The number of nitrogens with one attached hydrogen (secondary N) is 2. The number of rotatable bonds is 9. The van der Waals surface area contributed by atoms with Crippen LogP contribution in [0.25, 0.3) is 10.9 Å². The molecule has 2 aromatic carbocycles. The van der Waals surface area contributed by atoms with Gasteiger partial charge in [-0.25, -0.2) is 0 Å². The van der Waals surface area contributed by atoms with Crippen LogP contribution >= 0.6 is 0 Å². The first-order chi connectivity index (χ1) is 13.2. The molecule has 1 amide bonds. The van der Waals surface area contributed by atoms with E-state index in [2.05, 4.69) is 16.4 Å². The van der Waals surface area contributed by atoms with Crippen LogP contribution in [0.3, 0.4) is 0 Å². The van der Waals surface area contributed by atoms with Crippen LogP contribution in [0.2, 0.25) is 0 Å². The number of ether oxygens (including phenoxy) is 2. The van der Waals surface area contributed by atoms with Gasteiger partial charge in [0.2, 0.25) is 5.91 Å². The molecule has 1 heterocycles. The van der Waals surface area contributed by atoms with E-state index in [9.17, 15) is 4.79 Å². The lowest BCUT2D eigenvalue weighted by Gasteiger charge is -2.18. The third-order valence-electron chi connectivity index (χ3n) is 4.73. The second-order valence-electron chi connectivity index (χ2n) is 6.52. The zero-order valence-electron chi connectivity index (χ0n) is 15.8. The van der Waals surface area contributed by atoms with Gasteiger partial charge in [0.15, 0.2) is 0 Å². The van der Waals surface area contributed by atoms with Gasteiger partial charge < -0.3 is 19.8 Å². The lowest BCUT2D eigenvalue weighted by atomic mass is 9.88. The van der Waals surface area contributed by atoms with Crippen molar-refractivity contribution in [3.8, 4) is 5.75 Å². The molecule has 0 fully saturated rings. The van der Waals surface area contributed by atoms with Crippen LogP contribution in [0.1, 0.15) is 29.9 Å². The third kappa shape index (κ3) is 4.68. The van der Waals surface area contributed by atoms with Crippen LogP contribution in [0.5, 0.6) is 5.75 Å². The minimum Gasteiger partial charge on any atom is -0.497 e. The van der Waals surface area contributed by atoms with E-state index in [1.54, 1.807) is 14.2 Å².